The van der Waals surface area contributed by atoms with Gasteiger partial charge in [-0.3, -0.25) is 4.79 Å². The minimum absolute atomic E-state index is 0.0503. The number of halogens is 2. The summed E-state index contributed by atoms with van der Waals surface area (Å²) >= 11 is 5.68. The van der Waals surface area contributed by atoms with Crippen molar-refractivity contribution in [3.8, 4) is 0 Å². The highest BCUT2D eigenvalue weighted by Crippen LogP contribution is 2.20. The number of rotatable bonds is 6. The van der Waals surface area contributed by atoms with Gasteiger partial charge in [-0.05, 0) is 50.2 Å². The van der Waals surface area contributed by atoms with Crippen molar-refractivity contribution in [3.63, 3.8) is 0 Å². The van der Waals surface area contributed by atoms with E-state index in [2.05, 4.69) is 5.32 Å². The van der Waals surface area contributed by atoms with Gasteiger partial charge in [0.1, 0.15) is 5.82 Å². The van der Waals surface area contributed by atoms with Crippen LogP contribution in [-0.4, -0.2) is 31.1 Å². The molecule has 0 aliphatic heterocycles. The lowest BCUT2D eigenvalue weighted by molar-refractivity contribution is 0.0525. The SMILES string of the molecule is CCOC(=O)c1cc(NC(=O)c2ccc(Cl)cc2F)cc(C(=O)OCC)c1. The summed E-state index contributed by atoms with van der Waals surface area (Å²) in [5, 5.41) is 2.61. The first-order valence-electron chi connectivity index (χ1n) is 8.11. The van der Waals surface area contributed by atoms with Gasteiger partial charge >= 0.3 is 11.9 Å². The summed E-state index contributed by atoms with van der Waals surface area (Å²) in [6.45, 7) is 3.55. The molecule has 2 aromatic rings. The van der Waals surface area contributed by atoms with Gasteiger partial charge in [-0.15, -0.1) is 0 Å². The molecule has 0 spiro atoms. The molecule has 8 heteroatoms. The zero-order valence-electron chi connectivity index (χ0n) is 14.7. The second-order valence-electron chi connectivity index (χ2n) is 5.32. The Morgan fingerprint density at radius 1 is 0.963 bits per heavy atom. The highest BCUT2D eigenvalue weighted by atomic mass is 35.5. The van der Waals surface area contributed by atoms with E-state index in [0.717, 1.165) is 6.07 Å². The van der Waals surface area contributed by atoms with Gasteiger partial charge in [0.05, 0.1) is 29.9 Å². The predicted octanol–water partition coefficient (Wildman–Crippen LogP) is 4.08. The Hall–Kier alpha value is -2.93. The number of nitrogens with one attached hydrogen (secondary N) is 1. The van der Waals surface area contributed by atoms with Gasteiger partial charge in [0.2, 0.25) is 0 Å². The van der Waals surface area contributed by atoms with E-state index in [9.17, 15) is 18.8 Å². The standard InChI is InChI=1S/C19H17ClFNO5/c1-3-26-18(24)11-7-12(19(25)27-4-2)9-14(8-11)22-17(23)15-6-5-13(20)10-16(15)21/h5-10H,3-4H2,1-2H3,(H,22,23). The number of benzene rings is 2. The number of hydrogen-bond donors (Lipinski definition) is 1. The maximum atomic E-state index is 13.9. The van der Waals surface area contributed by atoms with Crippen molar-refractivity contribution in [2.24, 2.45) is 0 Å². The van der Waals surface area contributed by atoms with Crippen LogP contribution >= 0.6 is 11.6 Å². The molecule has 0 saturated carbocycles. The maximum Gasteiger partial charge on any atom is 0.338 e. The summed E-state index contributed by atoms with van der Waals surface area (Å²) in [6.07, 6.45) is 0. The summed E-state index contributed by atoms with van der Waals surface area (Å²) in [4.78, 5) is 36.4. The van der Waals surface area contributed by atoms with E-state index in [1.807, 2.05) is 0 Å². The molecule has 0 aliphatic rings. The molecule has 0 radical (unpaired) electrons. The molecule has 2 rings (SSSR count). The Morgan fingerprint density at radius 2 is 1.52 bits per heavy atom. The largest absolute Gasteiger partial charge is 0.462 e. The van der Waals surface area contributed by atoms with Crippen LogP contribution in [0.5, 0.6) is 0 Å². The molecule has 0 unspecified atom stereocenters. The fraction of sp³-hybridized carbons (Fsp3) is 0.211. The van der Waals surface area contributed by atoms with E-state index < -0.39 is 23.7 Å². The normalized spacial score (nSPS) is 10.2. The van der Waals surface area contributed by atoms with Crippen molar-refractivity contribution in [2.45, 2.75) is 13.8 Å². The number of esters is 2. The number of carbonyl (C=O) groups is 3. The third-order valence-electron chi connectivity index (χ3n) is 3.39. The van der Waals surface area contributed by atoms with Crippen LogP contribution in [0, 0.1) is 5.82 Å². The number of carbonyl (C=O) groups excluding carboxylic acids is 3. The molecule has 1 amide bonds. The molecule has 0 fully saturated rings. The molecule has 142 valence electrons. The van der Waals surface area contributed by atoms with Crippen LogP contribution in [0.3, 0.4) is 0 Å². The van der Waals surface area contributed by atoms with Crippen LogP contribution in [0.2, 0.25) is 5.02 Å². The minimum atomic E-state index is -0.799. The molecule has 0 saturated heterocycles. The minimum Gasteiger partial charge on any atom is -0.462 e. The molecule has 6 nitrogen and oxygen atoms in total. The highest BCUT2D eigenvalue weighted by Gasteiger charge is 2.17. The molecule has 0 aromatic heterocycles. The van der Waals surface area contributed by atoms with E-state index in [-0.39, 0.29) is 40.6 Å². The lowest BCUT2D eigenvalue weighted by atomic mass is 10.1. The molecule has 27 heavy (non-hydrogen) atoms. The van der Waals surface area contributed by atoms with Gasteiger partial charge in [0, 0.05) is 10.7 Å². The maximum absolute atomic E-state index is 13.9. The molecule has 0 aliphatic carbocycles. The molecule has 0 heterocycles. The molecular weight excluding hydrogens is 377 g/mol. The predicted molar refractivity (Wildman–Crippen MR) is 97.7 cm³/mol. The van der Waals surface area contributed by atoms with Crippen molar-refractivity contribution < 1.29 is 28.2 Å². The summed E-state index contributed by atoms with van der Waals surface area (Å²) < 4.78 is 23.8. The van der Waals surface area contributed by atoms with Gasteiger partial charge in [0.15, 0.2) is 0 Å². The summed E-state index contributed by atoms with van der Waals surface area (Å²) in [6, 6.07) is 7.57. The zero-order chi connectivity index (χ0) is 20.0. The second-order valence-corrected chi connectivity index (χ2v) is 5.75. The first-order valence-corrected chi connectivity index (χ1v) is 8.49. The second kappa shape index (κ2) is 9.14. The monoisotopic (exact) mass is 393 g/mol. The van der Waals surface area contributed by atoms with Crippen LogP contribution in [0.15, 0.2) is 36.4 Å². The molecular formula is C19H17ClFNO5. The molecule has 0 bridgehead atoms. The topological polar surface area (TPSA) is 81.7 Å². The summed E-state index contributed by atoms with van der Waals surface area (Å²) in [5.41, 5.74) is -0.0230. The Morgan fingerprint density at radius 3 is 2.00 bits per heavy atom. The van der Waals surface area contributed by atoms with Crippen LogP contribution in [0.4, 0.5) is 10.1 Å². The first-order chi connectivity index (χ1) is 12.8. The van der Waals surface area contributed by atoms with E-state index in [1.165, 1.54) is 30.3 Å². The van der Waals surface area contributed by atoms with Crippen LogP contribution in [0.1, 0.15) is 44.9 Å². The number of hydrogen-bond acceptors (Lipinski definition) is 5. The van der Waals surface area contributed by atoms with Crippen LogP contribution in [0.25, 0.3) is 0 Å². The molecule has 0 atom stereocenters. The molecule has 2 aromatic carbocycles. The highest BCUT2D eigenvalue weighted by molar-refractivity contribution is 6.30. The van der Waals surface area contributed by atoms with E-state index in [1.54, 1.807) is 13.8 Å². The number of ether oxygens (including phenoxy) is 2. The van der Waals surface area contributed by atoms with Gasteiger partial charge in [-0.2, -0.15) is 0 Å². The van der Waals surface area contributed by atoms with Crippen LogP contribution in [-0.2, 0) is 9.47 Å². The van der Waals surface area contributed by atoms with Crippen molar-refractivity contribution in [3.05, 3.63) is 63.9 Å². The van der Waals surface area contributed by atoms with Crippen molar-refractivity contribution in [2.75, 3.05) is 18.5 Å². The van der Waals surface area contributed by atoms with E-state index >= 15 is 0 Å². The van der Waals surface area contributed by atoms with Gasteiger partial charge in [-0.1, -0.05) is 11.6 Å². The number of anilines is 1. The fourth-order valence-corrected chi connectivity index (χ4v) is 2.40. The van der Waals surface area contributed by atoms with Crippen molar-refractivity contribution in [1.29, 1.82) is 0 Å². The Balaban J connectivity index is 2.37. The zero-order valence-corrected chi connectivity index (χ0v) is 15.4. The lowest BCUT2D eigenvalue weighted by Crippen LogP contribution is -2.16. The average Bonchev–Trinajstić information content (AvgIpc) is 2.61. The molecule has 1 N–H and O–H groups in total. The van der Waals surface area contributed by atoms with Crippen molar-refractivity contribution >= 4 is 35.1 Å². The third-order valence-corrected chi connectivity index (χ3v) is 3.62. The summed E-state index contributed by atoms with van der Waals surface area (Å²) in [7, 11) is 0. The fourth-order valence-electron chi connectivity index (χ4n) is 2.24. The summed E-state index contributed by atoms with van der Waals surface area (Å²) in [5.74, 6) is -2.90. The Labute approximate surface area is 160 Å². The van der Waals surface area contributed by atoms with Crippen molar-refractivity contribution in [1.82, 2.24) is 0 Å². The average molecular weight is 394 g/mol. The Kier molecular flexibility index (Phi) is 6.90. The Bertz CT molecular complexity index is 848. The van der Waals surface area contributed by atoms with E-state index in [4.69, 9.17) is 21.1 Å². The van der Waals surface area contributed by atoms with Crippen LogP contribution < -0.4 is 5.32 Å². The third kappa shape index (κ3) is 5.27. The van der Waals surface area contributed by atoms with Gasteiger partial charge in [-0.25, -0.2) is 14.0 Å². The first kappa shape index (κ1) is 20.4. The number of amides is 1. The van der Waals surface area contributed by atoms with Gasteiger partial charge < -0.3 is 14.8 Å². The quantitative estimate of drug-likeness (QED) is 0.747. The smallest absolute Gasteiger partial charge is 0.338 e. The lowest BCUT2D eigenvalue weighted by Gasteiger charge is -2.11. The van der Waals surface area contributed by atoms with E-state index in [0.29, 0.717) is 0 Å². The van der Waals surface area contributed by atoms with Gasteiger partial charge in [0.25, 0.3) is 5.91 Å².